The van der Waals surface area contributed by atoms with Crippen LogP contribution in [0.2, 0.25) is 0 Å². The lowest BCUT2D eigenvalue weighted by Crippen LogP contribution is -2.30. The molecule has 2 atom stereocenters. The molecule has 0 amide bonds. The molecule has 142 valence electrons. The summed E-state index contributed by atoms with van der Waals surface area (Å²) >= 11 is 0. The van der Waals surface area contributed by atoms with E-state index in [1.807, 2.05) is 18.2 Å². The van der Waals surface area contributed by atoms with Gasteiger partial charge in [0.05, 0.1) is 5.92 Å². The zero-order valence-electron chi connectivity index (χ0n) is 15.6. The van der Waals surface area contributed by atoms with E-state index in [9.17, 15) is 4.79 Å². The lowest BCUT2D eigenvalue weighted by molar-refractivity contribution is -0.143. The summed E-state index contributed by atoms with van der Waals surface area (Å²) in [5.41, 5.74) is 3.62. The average Bonchev–Trinajstić information content (AvgIpc) is 3.48. The molecule has 2 aliphatic rings. The van der Waals surface area contributed by atoms with E-state index in [1.54, 1.807) is 0 Å². The smallest absolute Gasteiger partial charge is 0.306 e. The van der Waals surface area contributed by atoms with Crippen LogP contribution in [0.15, 0.2) is 54.6 Å². The molecule has 2 aromatic carbocycles. The van der Waals surface area contributed by atoms with Gasteiger partial charge >= 0.3 is 5.97 Å². The Hall–Kier alpha value is -2.33. The van der Waals surface area contributed by atoms with Gasteiger partial charge in [-0.05, 0) is 74.4 Å². The van der Waals surface area contributed by atoms with E-state index in [0.717, 1.165) is 43.6 Å². The summed E-state index contributed by atoms with van der Waals surface area (Å²) in [6.07, 6.45) is 4.97. The van der Waals surface area contributed by atoms with E-state index >= 15 is 0 Å². The van der Waals surface area contributed by atoms with Crippen molar-refractivity contribution in [3.63, 3.8) is 0 Å². The van der Waals surface area contributed by atoms with Crippen molar-refractivity contribution < 1.29 is 9.90 Å². The summed E-state index contributed by atoms with van der Waals surface area (Å²) in [5, 5.41) is 16.2. The molecule has 2 aromatic rings. The quantitative estimate of drug-likeness (QED) is 0.662. The Morgan fingerprint density at radius 2 is 1.59 bits per heavy atom. The van der Waals surface area contributed by atoms with Crippen LogP contribution in [0.4, 0.5) is 11.4 Å². The fraction of sp³-hybridized carbons (Fsp3) is 0.435. The Morgan fingerprint density at radius 1 is 0.926 bits per heavy atom. The number of nitrogens with one attached hydrogen (secondary N) is 2. The molecule has 0 saturated heterocycles. The first-order valence-corrected chi connectivity index (χ1v) is 10.1. The van der Waals surface area contributed by atoms with Crippen LogP contribution in [0.3, 0.4) is 0 Å². The first-order chi connectivity index (χ1) is 13.2. The number of anilines is 2. The average molecular weight is 364 g/mol. The van der Waals surface area contributed by atoms with Crippen molar-refractivity contribution in [1.29, 1.82) is 0 Å². The molecule has 2 fully saturated rings. The highest BCUT2D eigenvalue weighted by molar-refractivity contribution is 5.70. The Labute approximate surface area is 161 Å². The fourth-order valence-corrected chi connectivity index (χ4v) is 4.22. The van der Waals surface area contributed by atoms with Crippen molar-refractivity contribution in [1.82, 2.24) is 5.32 Å². The molecule has 4 rings (SSSR count). The van der Waals surface area contributed by atoms with Crippen molar-refractivity contribution in [3.05, 3.63) is 60.2 Å². The topological polar surface area (TPSA) is 61.4 Å². The molecule has 0 aromatic heterocycles. The van der Waals surface area contributed by atoms with Crippen molar-refractivity contribution in [2.45, 2.75) is 44.1 Å². The SMILES string of the molecule is O=C(O)C1CCC(CNC2CC2c2ccc(Nc3ccccc3)cc2)CC1. The van der Waals surface area contributed by atoms with Gasteiger partial charge in [-0.15, -0.1) is 0 Å². The molecule has 0 aliphatic heterocycles. The summed E-state index contributed by atoms with van der Waals surface area (Å²) in [5.74, 6) is 0.525. The fourth-order valence-electron chi connectivity index (χ4n) is 4.22. The molecule has 4 nitrogen and oxygen atoms in total. The van der Waals surface area contributed by atoms with Gasteiger partial charge in [-0.3, -0.25) is 4.79 Å². The third-order valence-electron chi connectivity index (χ3n) is 6.06. The van der Waals surface area contributed by atoms with Gasteiger partial charge in [-0.1, -0.05) is 30.3 Å². The standard InChI is InChI=1S/C23H28N2O2/c26-23(27)18-8-6-16(7-9-18)15-24-22-14-21(22)17-10-12-20(13-11-17)25-19-4-2-1-3-5-19/h1-5,10-13,16,18,21-22,24-25H,6-9,14-15H2,(H,26,27). The molecule has 0 bridgehead atoms. The van der Waals surface area contributed by atoms with Gasteiger partial charge in [-0.2, -0.15) is 0 Å². The predicted molar refractivity (Wildman–Crippen MR) is 108 cm³/mol. The van der Waals surface area contributed by atoms with Gasteiger partial charge < -0.3 is 15.7 Å². The van der Waals surface area contributed by atoms with E-state index in [2.05, 4.69) is 47.0 Å². The van der Waals surface area contributed by atoms with Crippen molar-refractivity contribution in [2.75, 3.05) is 11.9 Å². The highest BCUT2D eigenvalue weighted by Crippen LogP contribution is 2.41. The normalized spacial score (nSPS) is 27.1. The number of para-hydroxylation sites is 1. The van der Waals surface area contributed by atoms with Crippen molar-refractivity contribution in [2.24, 2.45) is 11.8 Å². The van der Waals surface area contributed by atoms with Crippen LogP contribution in [-0.4, -0.2) is 23.7 Å². The van der Waals surface area contributed by atoms with Crippen LogP contribution in [0.25, 0.3) is 0 Å². The number of hydrogen-bond donors (Lipinski definition) is 3. The van der Waals surface area contributed by atoms with E-state index < -0.39 is 5.97 Å². The number of benzene rings is 2. The molecule has 0 spiro atoms. The van der Waals surface area contributed by atoms with Crippen molar-refractivity contribution >= 4 is 17.3 Å². The monoisotopic (exact) mass is 364 g/mol. The third kappa shape index (κ3) is 4.69. The summed E-state index contributed by atoms with van der Waals surface area (Å²) in [6.45, 7) is 1.03. The Bertz CT molecular complexity index is 752. The molecule has 0 radical (unpaired) electrons. The van der Waals surface area contributed by atoms with Gasteiger partial charge in [0.25, 0.3) is 0 Å². The van der Waals surface area contributed by atoms with Crippen LogP contribution in [0, 0.1) is 11.8 Å². The van der Waals surface area contributed by atoms with Gasteiger partial charge in [0.2, 0.25) is 0 Å². The van der Waals surface area contributed by atoms with Gasteiger partial charge in [0, 0.05) is 23.3 Å². The minimum atomic E-state index is -0.617. The molecule has 2 unspecified atom stereocenters. The second-order valence-electron chi connectivity index (χ2n) is 8.03. The molecule has 2 aliphatic carbocycles. The van der Waals surface area contributed by atoms with Gasteiger partial charge in [0.1, 0.15) is 0 Å². The van der Waals surface area contributed by atoms with Gasteiger partial charge in [0.15, 0.2) is 0 Å². The summed E-state index contributed by atoms with van der Waals surface area (Å²) in [6, 6.07) is 19.6. The lowest BCUT2D eigenvalue weighted by atomic mass is 9.82. The molecular formula is C23H28N2O2. The molecular weight excluding hydrogens is 336 g/mol. The Kier molecular flexibility index (Phi) is 5.44. The highest BCUT2D eigenvalue weighted by Gasteiger charge is 2.38. The molecule has 27 heavy (non-hydrogen) atoms. The van der Waals surface area contributed by atoms with Gasteiger partial charge in [-0.25, -0.2) is 0 Å². The van der Waals surface area contributed by atoms with Crippen LogP contribution in [-0.2, 0) is 4.79 Å². The lowest BCUT2D eigenvalue weighted by Gasteiger charge is -2.26. The van der Waals surface area contributed by atoms with Crippen molar-refractivity contribution in [3.8, 4) is 0 Å². The molecule has 0 heterocycles. The second-order valence-corrected chi connectivity index (χ2v) is 8.03. The molecule has 2 saturated carbocycles. The first-order valence-electron chi connectivity index (χ1n) is 10.1. The first kappa shape index (κ1) is 18.1. The summed E-state index contributed by atoms with van der Waals surface area (Å²) in [7, 11) is 0. The van der Waals surface area contributed by atoms with E-state index in [-0.39, 0.29) is 5.92 Å². The number of rotatable bonds is 7. The zero-order chi connectivity index (χ0) is 18.6. The van der Waals surface area contributed by atoms with Crippen LogP contribution in [0.5, 0.6) is 0 Å². The van der Waals surface area contributed by atoms with Crippen LogP contribution in [0.1, 0.15) is 43.6 Å². The highest BCUT2D eigenvalue weighted by atomic mass is 16.4. The maximum absolute atomic E-state index is 11.0. The minimum Gasteiger partial charge on any atom is -0.481 e. The minimum absolute atomic E-state index is 0.113. The van der Waals surface area contributed by atoms with Crippen LogP contribution >= 0.6 is 0 Å². The predicted octanol–water partition coefficient (Wildman–Crippen LogP) is 4.77. The number of hydrogen-bond acceptors (Lipinski definition) is 3. The second kappa shape index (κ2) is 8.13. The van der Waals surface area contributed by atoms with E-state index in [1.165, 1.54) is 12.0 Å². The van der Waals surface area contributed by atoms with E-state index in [4.69, 9.17) is 5.11 Å². The molecule has 3 N–H and O–H groups in total. The zero-order valence-corrected chi connectivity index (χ0v) is 15.6. The molecule has 4 heteroatoms. The summed E-state index contributed by atoms with van der Waals surface area (Å²) in [4.78, 5) is 11.0. The summed E-state index contributed by atoms with van der Waals surface area (Å²) < 4.78 is 0. The third-order valence-corrected chi connectivity index (χ3v) is 6.06. The largest absolute Gasteiger partial charge is 0.481 e. The number of aliphatic carboxylic acids is 1. The number of carboxylic acids is 1. The maximum atomic E-state index is 11.0. The number of carboxylic acid groups (broad SMARTS) is 1. The number of carbonyl (C=O) groups is 1. The van der Waals surface area contributed by atoms with E-state index in [0.29, 0.717) is 17.9 Å². The Morgan fingerprint density at radius 3 is 2.26 bits per heavy atom. The Balaban J connectivity index is 1.22. The maximum Gasteiger partial charge on any atom is 0.306 e. The van der Waals surface area contributed by atoms with Crippen LogP contribution < -0.4 is 10.6 Å².